The average molecular weight is 322 g/mol. The van der Waals surface area contributed by atoms with Gasteiger partial charge in [-0.2, -0.15) is 0 Å². The van der Waals surface area contributed by atoms with Crippen LogP contribution in [0.3, 0.4) is 0 Å². The Morgan fingerprint density at radius 2 is 1.79 bits per heavy atom. The van der Waals surface area contributed by atoms with E-state index in [0.717, 1.165) is 21.3 Å². The predicted octanol–water partition coefficient (Wildman–Crippen LogP) is 3.15. The lowest BCUT2D eigenvalue weighted by Gasteiger charge is -2.12. The van der Waals surface area contributed by atoms with Crippen molar-refractivity contribution >= 4 is 21.6 Å². The molecule has 0 amide bonds. The molecule has 0 saturated heterocycles. The lowest BCUT2D eigenvalue weighted by molar-refractivity contribution is 0.283. The first-order valence-corrected chi connectivity index (χ1v) is 6.86. The Morgan fingerprint density at radius 3 is 2.58 bits per heavy atom. The van der Waals surface area contributed by atoms with Gasteiger partial charge in [-0.1, -0.05) is 30.3 Å². The summed E-state index contributed by atoms with van der Waals surface area (Å²) in [6.45, 7) is 0.552. The summed E-state index contributed by atoms with van der Waals surface area (Å²) in [5.74, 6) is 0.797. The number of aliphatic hydroxyl groups is 1. The van der Waals surface area contributed by atoms with Gasteiger partial charge in [-0.05, 0) is 40.0 Å². The highest BCUT2D eigenvalue weighted by Crippen LogP contribution is 2.26. The van der Waals surface area contributed by atoms with Crippen LogP contribution in [0.15, 0.2) is 46.9 Å². The quantitative estimate of drug-likeness (QED) is 0.832. The Balaban J connectivity index is 2.12. The minimum absolute atomic E-state index is 0.113. The third-order valence-corrected chi connectivity index (χ3v) is 3.81. The molecule has 100 valence electrons. The van der Waals surface area contributed by atoms with Crippen molar-refractivity contribution in [2.75, 3.05) is 12.3 Å². The maximum atomic E-state index is 9.03. The molecule has 3 N–H and O–H groups in total. The van der Waals surface area contributed by atoms with Gasteiger partial charge in [0.1, 0.15) is 12.4 Å². The van der Waals surface area contributed by atoms with Crippen molar-refractivity contribution in [2.24, 2.45) is 0 Å². The molecule has 0 fully saturated rings. The molecule has 0 aliphatic heterocycles. The highest BCUT2D eigenvalue weighted by Gasteiger charge is 2.06. The molecule has 3 nitrogen and oxygen atoms in total. The number of nitrogen functional groups attached to an aromatic ring is 1. The molecule has 0 aliphatic rings. The SMILES string of the molecule is Nc1cccc(COc2ccccc2CCO)c1Br. The Kier molecular flexibility index (Phi) is 4.82. The van der Waals surface area contributed by atoms with Crippen molar-refractivity contribution in [3.8, 4) is 5.75 Å². The van der Waals surface area contributed by atoms with E-state index in [2.05, 4.69) is 15.9 Å². The zero-order chi connectivity index (χ0) is 13.7. The molecule has 0 aromatic heterocycles. The van der Waals surface area contributed by atoms with Crippen LogP contribution in [0.2, 0.25) is 0 Å². The predicted molar refractivity (Wildman–Crippen MR) is 80.1 cm³/mol. The number of ether oxygens (including phenoxy) is 1. The highest BCUT2D eigenvalue weighted by molar-refractivity contribution is 9.10. The lowest BCUT2D eigenvalue weighted by atomic mass is 10.1. The third kappa shape index (κ3) is 3.49. The van der Waals surface area contributed by atoms with E-state index in [-0.39, 0.29) is 6.61 Å². The number of benzene rings is 2. The zero-order valence-electron chi connectivity index (χ0n) is 10.5. The third-order valence-electron chi connectivity index (χ3n) is 2.85. The average Bonchev–Trinajstić information content (AvgIpc) is 2.42. The topological polar surface area (TPSA) is 55.5 Å². The van der Waals surface area contributed by atoms with Gasteiger partial charge in [0.15, 0.2) is 0 Å². The van der Waals surface area contributed by atoms with E-state index in [4.69, 9.17) is 15.6 Å². The van der Waals surface area contributed by atoms with Gasteiger partial charge in [0.05, 0.1) is 0 Å². The number of nitrogens with two attached hydrogens (primary N) is 1. The van der Waals surface area contributed by atoms with Gasteiger partial charge in [0.2, 0.25) is 0 Å². The maximum absolute atomic E-state index is 9.03. The first-order chi connectivity index (χ1) is 9.22. The molecule has 0 atom stereocenters. The normalized spacial score (nSPS) is 10.4. The molecule has 2 rings (SSSR count). The first-order valence-electron chi connectivity index (χ1n) is 6.07. The van der Waals surface area contributed by atoms with Crippen LogP contribution in [-0.2, 0) is 13.0 Å². The van der Waals surface area contributed by atoms with Crippen molar-refractivity contribution < 1.29 is 9.84 Å². The summed E-state index contributed by atoms with van der Waals surface area (Å²) < 4.78 is 6.68. The van der Waals surface area contributed by atoms with E-state index in [1.807, 2.05) is 42.5 Å². The van der Waals surface area contributed by atoms with Gasteiger partial charge in [-0.15, -0.1) is 0 Å². The molecule has 0 spiro atoms. The van der Waals surface area contributed by atoms with Crippen molar-refractivity contribution in [1.82, 2.24) is 0 Å². The lowest BCUT2D eigenvalue weighted by Crippen LogP contribution is -2.01. The molecule has 0 unspecified atom stereocenters. The van der Waals surface area contributed by atoms with Crippen LogP contribution in [-0.4, -0.2) is 11.7 Å². The van der Waals surface area contributed by atoms with E-state index in [1.165, 1.54) is 0 Å². The van der Waals surface area contributed by atoms with Crippen molar-refractivity contribution in [2.45, 2.75) is 13.0 Å². The monoisotopic (exact) mass is 321 g/mol. The molecule has 0 saturated carbocycles. The Hall–Kier alpha value is -1.52. The Bertz CT molecular complexity index is 558. The van der Waals surface area contributed by atoms with E-state index >= 15 is 0 Å². The van der Waals surface area contributed by atoms with E-state index in [0.29, 0.717) is 18.7 Å². The van der Waals surface area contributed by atoms with E-state index in [9.17, 15) is 0 Å². The zero-order valence-corrected chi connectivity index (χ0v) is 12.1. The molecule has 2 aromatic rings. The summed E-state index contributed by atoms with van der Waals surface area (Å²) in [4.78, 5) is 0. The van der Waals surface area contributed by atoms with Gasteiger partial charge in [0, 0.05) is 22.3 Å². The fraction of sp³-hybridized carbons (Fsp3) is 0.200. The standard InChI is InChI=1S/C15H16BrNO2/c16-15-12(5-3-6-13(15)17)10-19-14-7-2-1-4-11(14)8-9-18/h1-7,18H,8-10,17H2. The van der Waals surface area contributed by atoms with Crippen LogP contribution < -0.4 is 10.5 Å². The van der Waals surface area contributed by atoms with Crippen molar-refractivity contribution in [3.63, 3.8) is 0 Å². The summed E-state index contributed by atoms with van der Waals surface area (Å²) in [7, 11) is 0. The van der Waals surface area contributed by atoms with Crippen LogP contribution in [0.1, 0.15) is 11.1 Å². The minimum atomic E-state index is 0.113. The van der Waals surface area contributed by atoms with Crippen LogP contribution in [0.4, 0.5) is 5.69 Å². The summed E-state index contributed by atoms with van der Waals surface area (Å²) in [6.07, 6.45) is 0.592. The molecule has 2 aromatic carbocycles. The number of aliphatic hydroxyl groups excluding tert-OH is 1. The van der Waals surface area contributed by atoms with Gasteiger partial charge in [-0.25, -0.2) is 0 Å². The number of rotatable bonds is 5. The van der Waals surface area contributed by atoms with E-state index in [1.54, 1.807) is 0 Å². The Labute approximate surface area is 121 Å². The van der Waals surface area contributed by atoms with E-state index < -0.39 is 0 Å². The van der Waals surface area contributed by atoms with Crippen molar-refractivity contribution in [3.05, 3.63) is 58.1 Å². The highest BCUT2D eigenvalue weighted by atomic mass is 79.9. The summed E-state index contributed by atoms with van der Waals surface area (Å²) in [5.41, 5.74) is 8.53. The number of hydrogen-bond acceptors (Lipinski definition) is 3. The van der Waals surface area contributed by atoms with Crippen LogP contribution in [0, 0.1) is 0 Å². The summed E-state index contributed by atoms with van der Waals surface area (Å²) in [6, 6.07) is 13.4. The molecule has 0 heterocycles. The smallest absolute Gasteiger partial charge is 0.123 e. The van der Waals surface area contributed by atoms with Crippen LogP contribution in [0.5, 0.6) is 5.75 Å². The Morgan fingerprint density at radius 1 is 1.05 bits per heavy atom. The molecule has 0 radical (unpaired) electrons. The second kappa shape index (κ2) is 6.59. The maximum Gasteiger partial charge on any atom is 0.123 e. The van der Waals surface area contributed by atoms with Gasteiger partial charge < -0.3 is 15.6 Å². The van der Waals surface area contributed by atoms with Gasteiger partial charge in [0.25, 0.3) is 0 Å². The van der Waals surface area contributed by atoms with Crippen LogP contribution in [0.25, 0.3) is 0 Å². The largest absolute Gasteiger partial charge is 0.489 e. The number of hydrogen-bond donors (Lipinski definition) is 2. The second-order valence-corrected chi connectivity index (χ2v) is 4.98. The number of anilines is 1. The fourth-order valence-electron chi connectivity index (χ4n) is 1.84. The first kappa shape index (κ1) is 13.9. The molecule has 0 bridgehead atoms. The van der Waals surface area contributed by atoms with Gasteiger partial charge >= 0.3 is 0 Å². The molecular weight excluding hydrogens is 306 g/mol. The molecule has 0 aliphatic carbocycles. The second-order valence-electron chi connectivity index (χ2n) is 4.19. The fourth-order valence-corrected chi connectivity index (χ4v) is 2.22. The minimum Gasteiger partial charge on any atom is -0.489 e. The summed E-state index contributed by atoms with van der Waals surface area (Å²) >= 11 is 3.46. The molecular formula is C15H16BrNO2. The number of halogens is 1. The van der Waals surface area contributed by atoms with Crippen molar-refractivity contribution in [1.29, 1.82) is 0 Å². The van der Waals surface area contributed by atoms with Crippen LogP contribution >= 0.6 is 15.9 Å². The number of para-hydroxylation sites is 1. The molecule has 19 heavy (non-hydrogen) atoms. The van der Waals surface area contributed by atoms with Gasteiger partial charge in [-0.3, -0.25) is 0 Å². The molecule has 4 heteroatoms. The summed E-state index contributed by atoms with van der Waals surface area (Å²) in [5, 5.41) is 9.03.